The normalized spacial score (nSPS) is 12.8. The molecule has 0 aliphatic heterocycles. The predicted molar refractivity (Wildman–Crippen MR) is 79.2 cm³/mol. The average molecular weight is 351 g/mol. The van der Waals surface area contributed by atoms with Crippen molar-refractivity contribution in [2.45, 2.75) is 13.0 Å². The molecule has 0 radical (unpaired) electrons. The summed E-state index contributed by atoms with van der Waals surface area (Å²) in [5.41, 5.74) is 7.02. The number of nitrogens with two attached hydrogens (primary N) is 1. The molecule has 1 aromatic carbocycles. The van der Waals surface area contributed by atoms with E-state index < -0.39 is 0 Å². The fourth-order valence-electron chi connectivity index (χ4n) is 1.65. The van der Waals surface area contributed by atoms with E-state index in [2.05, 4.69) is 15.9 Å². The molecule has 2 N–H and O–H groups in total. The number of halogens is 3. The summed E-state index contributed by atoms with van der Waals surface area (Å²) in [6.45, 7) is 2.04. The number of hydrogen-bond donors (Lipinski definition) is 1. The molecule has 1 unspecified atom stereocenters. The molecule has 0 aliphatic rings. The van der Waals surface area contributed by atoms with Gasteiger partial charge in [-0.15, -0.1) is 11.3 Å². The van der Waals surface area contributed by atoms with Crippen LogP contribution in [0.15, 0.2) is 28.7 Å². The van der Waals surface area contributed by atoms with Crippen LogP contribution in [0.2, 0.25) is 10.0 Å². The SMILES string of the molecule is Cc1cc(Br)c(C(N)c2c(Cl)cccc2Cl)s1. The van der Waals surface area contributed by atoms with Crippen molar-refractivity contribution in [1.29, 1.82) is 0 Å². The van der Waals surface area contributed by atoms with E-state index in [9.17, 15) is 0 Å². The third kappa shape index (κ3) is 2.69. The lowest BCUT2D eigenvalue weighted by Gasteiger charge is -2.14. The minimum absolute atomic E-state index is 0.302. The van der Waals surface area contributed by atoms with Gasteiger partial charge >= 0.3 is 0 Å². The molecule has 0 saturated heterocycles. The van der Waals surface area contributed by atoms with Crippen LogP contribution in [0.1, 0.15) is 21.4 Å². The lowest BCUT2D eigenvalue weighted by Crippen LogP contribution is -2.12. The monoisotopic (exact) mass is 349 g/mol. The Balaban J connectivity index is 2.51. The number of rotatable bonds is 2. The second kappa shape index (κ2) is 5.29. The maximum atomic E-state index is 6.24. The summed E-state index contributed by atoms with van der Waals surface area (Å²) in [6, 6.07) is 7.16. The number of benzene rings is 1. The van der Waals surface area contributed by atoms with Crippen molar-refractivity contribution in [2.24, 2.45) is 5.73 Å². The third-order valence-corrected chi connectivity index (χ3v) is 5.14. The van der Waals surface area contributed by atoms with Crippen molar-refractivity contribution >= 4 is 50.5 Å². The first kappa shape index (κ1) is 13.4. The van der Waals surface area contributed by atoms with Crippen LogP contribution in [0, 0.1) is 6.92 Å². The molecule has 2 aromatic rings. The van der Waals surface area contributed by atoms with E-state index >= 15 is 0 Å². The van der Waals surface area contributed by atoms with Gasteiger partial charge in [0.1, 0.15) is 0 Å². The Bertz CT molecular complexity index is 533. The Labute approximate surface area is 123 Å². The van der Waals surface area contributed by atoms with Gasteiger partial charge in [0.25, 0.3) is 0 Å². The summed E-state index contributed by atoms with van der Waals surface area (Å²) in [6.07, 6.45) is 0. The van der Waals surface area contributed by atoms with E-state index in [1.54, 1.807) is 23.5 Å². The molecular formula is C12H10BrCl2NS. The predicted octanol–water partition coefficient (Wildman–Crippen LogP) is 5.17. The highest BCUT2D eigenvalue weighted by molar-refractivity contribution is 9.10. The lowest BCUT2D eigenvalue weighted by atomic mass is 10.1. The smallest absolute Gasteiger partial charge is 0.0687 e. The second-order valence-corrected chi connectivity index (χ2v) is 6.64. The van der Waals surface area contributed by atoms with Crippen molar-refractivity contribution in [1.82, 2.24) is 0 Å². The van der Waals surface area contributed by atoms with Gasteiger partial charge < -0.3 is 5.73 Å². The van der Waals surface area contributed by atoms with Crippen LogP contribution in [0.3, 0.4) is 0 Å². The van der Waals surface area contributed by atoms with Crippen LogP contribution in [0.5, 0.6) is 0 Å². The van der Waals surface area contributed by atoms with E-state index in [0.717, 1.165) is 14.9 Å². The van der Waals surface area contributed by atoms with Crippen LogP contribution < -0.4 is 5.73 Å². The third-order valence-electron chi connectivity index (χ3n) is 2.43. The molecule has 0 amide bonds. The summed E-state index contributed by atoms with van der Waals surface area (Å²) >= 11 is 17.5. The highest BCUT2D eigenvalue weighted by Gasteiger charge is 2.20. The zero-order chi connectivity index (χ0) is 12.6. The van der Waals surface area contributed by atoms with Gasteiger partial charge in [0.2, 0.25) is 0 Å². The molecular weight excluding hydrogens is 341 g/mol. The Morgan fingerprint density at radius 3 is 2.35 bits per heavy atom. The molecule has 90 valence electrons. The van der Waals surface area contributed by atoms with Gasteiger partial charge in [-0.25, -0.2) is 0 Å². The van der Waals surface area contributed by atoms with Crippen molar-refractivity contribution in [3.05, 3.63) is 54.1 Å². The molecule has 1 atom stereocenters. The van der Waals surface area contributed by atoms with E-state index in [-0.39, 0.29) is 6.04 Å². The molecule has 0 spiro atoms. The maximum Gasteiger partial charge on any atom is 0.0687 e. The highest BCUT2D eigenvalue weighted by atomic mass is 79.9. The Morgan fingerprint density at radius 2 is 1.88 bits per heavy atom. The average Bonchev–Trinajstić information content (AvgIpc) is 2.57. The zero-order valence-electron chi connectivity index (χ0n) is 9.01. The summed E-state index contributed by atoms with van der Waals surface area (Å²) < 4.78 is 1.00. The first-order chi connectivity index (χ1) is 8.00. The van der Waals surface area contributed by atoms with Crippen LogP contribution in [0.25, 0.3) is 0 Å². The van der Waals surface area contributed by atoms with Gasteiger partial charge in [-0.05, 0) is 41.1 Å². The van der Waals surface area contributed by atoms with Crippen LogP contribution in [-0.2, 0) is 0 Å². The fraction of sp³-hybridized carbons (Fsp3) is 0.167. The minimum Gasteiger partial charge on any atom is -0.319 e. The zero-order valence-corrected chi connectivity index (χ0v) is 12.9. The van der Waals surface area contributed by atoms with E-state index in [1.165, 1.54) is 4.88 Å². The van der Waals surface area contributed by atoms with Gasteiger partial charge in [0.15, 0.2) is 0 Å². The topological polar surface area (TPSA) is 26.0 Å². The molecule has 0 aliphatic carbocycles. The molecule has 2 rings (SSSR count). The maximum absolute atomic E-state index is 6.24. The summed E-state index contributed by atoms with van der Waals surface area (Å²) in [4.78, 5) is 2.24. The Morgan fingerprint density at radius 1 is 1.29 bits per heavy atom. The van der Waals surface area contributed by atoms with Crippen LogP contribution in [0.4, 0.5) is 0 Å². The molecule has 0 saturated carbocycles. The van der Waals surface area contributed by atoms with Gasteiger partial charge in [-0.2, -0.15) is 0 Å². The number of aryl methyl sites for hydroxylation is 1. The van der Waals surface area contributed by atoms with Crippen molar-refractivity contribution in [2.75, 3.05) is 0 Å². The number of hydrogen-bond acceptors (Lipinski definition) is 2. The Hall–Kier alpha value is -0.0600. The second-order valence-electron chi connectivity index (χ2n) is 3.68. The molecule has 1 aromatic heterocycles. The molecule has 0 bridgehead atoms. The minimum atomic E-state index is -0.302. The first-order valence-corrected chi connectivity index (χ1v) is 7.32. The number of thiophene rings is 1. The summed E-state index contributed by atoms with van der Waals surface area (Å²) in [5.74, 6) is 0. The van der Waals surface area contributed by atoms with E-state index in [4.69, 9.17) is 28.9 Å². The molecule has 0 fully saturated rings. The van der Waals surface area contributed by atoms with Crippen LogP contribution >= 0.6 is 50.5 Å². The summed E-state index contributed by atoms with van der Waals surface area (Å²) in [5, 5.41) is 1.20. The Kier molecular flexibility index (Phi) is 4.16. The largest absolute Gasteiger partial charge is 0.319 e. The van der Waals surface area contributed by atoms with E-state index in [1.807, 2.05) is 19.1 Å². The quantitative estimate of drug-likeness (QED) is 0.793. The molecule has 5 heteroatoms. The lowest BCUT2D eigenvalue weighted by molar-refractivity contribution is 0.889. The van der Waals surface area contributed by atoms with Crippen LogP contribution in [-0.4, -0.2) is 0 Å². The summed E-state index contributed by atoms with van der Waals surface area (Å²) in [7, 11) is 0. The van der Waals surface area contributed by atoms with E-state index in [0.29, 0.717) is 10.0 Å². The van der Waals surface area contributed by atoms with Crippen molar-refractivity contribution < 1.29 is 0 Å². The van der Waals surface area contributed by atoms with Gasteiger partial charge in [-0.3, -0.25) is 0 Å². The standard InChI is InChI=1S/C12H10BrCl2NS/c1-6-5-7(13)12(17-6)11(16)10-8(14)3-2-4-9(10)15/h2-5,11H,16H2,1H3. The molecule has 1 heterocycles. The van der Waals surface area contributed by atoms with Gasteiger partial charge in [-0.1, -0.05) is 29.3 Å². The fourth-order valence-corrected chi connectivity index (χ4v) is 4.19. The molecule has 17 heavy (non-hydrogen) atoms. The van der Waals surface area contributed by atoms with Crippen molar-refractivity contribution in [3.63, 3.8) is 0 Å². The highest BCUT2D eigenvalue weighted by Crippen LogP contribution is 2.39. The van der Waals surface area contributed by atoms with Crippen molar-refractivity contribution in [3.8, 4) is 0 Å². The molecule has 1 nitrogen and oxygen atoms in total. The van der Waals surface area contributed by atoms with Gasteiger partial charge in [0, 0.05) is 29.8 Å². The first-order valence-electron chi connectivity index (χ1n) is 4.96. The van der Waals surface area contributed by atoms with Gasteiger partial charge in [0.05, 0.1) is 6.04 Å².